The summed E-state index contributed by atoms with van der Waals surface area (Å²) in [7, 11) is 1.30. The van der Waals surface area contributed by atoms with Crippen molar-refractivity contribution in [1.82, 2.24) is 0 Å². The number of amides is 1. The van der Waals surface area contributed by atoms with Crippen LogP contribution in [0, 0.1) is 9.39 Å². The third kappa shape index (κ3) is 3.78. The average Bonchev–Trinajstić information content (AvgIpc) is 2.47. The Balaban J connectivity index is 2.14. The number of benzene rings is 2. The molecule has 0 fully saturated rings. The van der Waals surface area contributed by atoms with Crippen molar-refractivity contribution in [2.24, 2.45) is 0 Å². The molecule has 0 heterocycles. The van der Waals surface area contributed by atoms with E-state index in [-0.39, 0.29) is 5.91 Å². The van der Waals surface area contributed by atoms with Gasteiger partial charge in [0.1, 0.15) is 5.82 Å². The molecule has 0 bridgehead atoms. The molecule has 0 saturated carbocycles. The second-order valence-electron chi connectivity index (χ2n) is 4.15. The van der Waals surface area contributed by atoms with Crippen molar-refractivity contribution in [3.05, 3.63) is 63.0 Å². The van der Waals surface area contributed by atoms with Crippen LogP contribution in [0.5, 0.6) is 0 Å². The lowest BCUT2D eigenvalue weighted by Crippen LogP contribution is -2.13. The number of esters is 1. The summed E-state index contributed by atoms with van der Waals surface area (Å²) in [5.74, 6) is -1.18. The summed E-state index contributed by atoms with van der Waals surface area (Å²) in [6.45, 7) is 0. The van der Waals surface area contributed by atoms with Gasteiger partial charge in [-0.3, -0.25) is 4.79 Å². The summed E-state index contributed by atoms with van der Waals surface area (Å²) >= 11 is 1.90. The number of methoxy groups -OCH3 is 1. The predicted octanol–water partition coefficient (Wildman–Crippen LogP) is 3.47. The molecule has 0 atom stereocenters. The molecule has 108 valence electrons. The molecule has 2 aromatic carbocycles. The summed E-state index contributed by atoms with van der Waals surface area (Å²) < 4.78 is 18.1. The second kappa shape index (κ2) is 6.66. The van der Waals surface area contributed by atoms with Gasteiger partial charge in [0.25, 0.3) is 5.91 Å². The van der Waals surface area contributed by atoms with Crippen LogP contribution >= 0.6 is 22.6 Å². The lowest BCUT2D eigenvalue weighted by Gasteiger charge is -2.07. The largest absolute Gasteiger partial charge is 0.465 e. The van der Waals surface area contributed by atoms with Crippen molar-refractivity contribution >= 4 is 40.2 Å². The highest BCUT2D eigenvalue weighted by molar-refractivity contribution is 14.1. The Morgan fingerprint density at radius 3 is 2.38 bits per heavy atom. The Hall–Kier alpha value is -1.96. The molecule has 0 saturated heterocycles. The number of hydrogen-bond acceptors (Lipinski definition) is 3. The normalized spacial score (nSPS) is 10.0. The number of anilines is 1. The van der Waals surface area contributed by atoms with E-state index in [1.54, 1.807) is 24.3 Å². The first kappa shape index (κ1) is 15.4. The minimum Gasteiger partial charge on any atom is -0.465 e. The lowest BCUT2D eigenvalue weighted by atomic mass is 10.2. The van der Waals surface area contributed by atoms with E-state index in [4.69, 9.17) is 0 Å². The number of carbonyl (C=O) groups is 2. The van der Waals surface area contributed by atoms with Gasteiger partial charge < -0.3 is 10.1 Å². The van der Waals surface area contributed by atoms with Crippen molar-refractivity contribution < 1.29 is 18.7 Å². The maximum absolute atomic E-state index is 13.0. The summed E-state index contributed by atoms with van der Waals surface area (Å²) in [6, 6.07) is 10.2. The molecule has 0 spiro atoms. The second-order valence-corrected chi connectivity index (χ2v) is 5.31. The van der Waals surface area contributed by atoms with Crippen LogP contribution in [0.1, 0.15) is 20.7 Å². The molecule has 1 amide bonds. The van der Waals surface area contributed by atoms with Crippen molar-refractivity contribution in [1.29, 1.82) is 0 Å². The van der Waals surface area contributed by atoms with Crippen molar-refractivity contribution in [3.63, 3.8) is 0 Å². The highest BCUT2D eigenvalue weighted by Crippen LogP contribution is 2.17. The third-order valence-electron chi connectivity index (χ3n) is 2.74. The van der Waals surface area contributed by atoms with E-state index in [0.29, 0.717) is 20.4 Å². The van der Waals surface area contributed by atoms with Crippen LogP contribution in [0.25, 0.3) is 0 Å². The molecule has 4 nitrogen and oxygen atoms in total. The standard InChI is InChI=1S/C15H11FINO3/c1-21-15(20)9-2-5-11(6-3-9)18-14(19)12-7-4-10(16)8-13(12)17/h2-8H,1H3,(H,18,19). The van der Waals surface area contributed by atoms with Crippen LogP contribution in [-0.4, -0.2) is 19.0 Å². The number of ether oxygens (including phenoxy) is 1. The van der Waals surface area contributed by atoms with E-state index in [9.17, 15) is 14.0 Å². The van der Waals surface area contributed by atoms with Gasteiger partial charge in [0, 0.05) is 9.26 Å². The van der Waals surface area contributed by atoms with Crippen molar-refractivity contribution in [2.45, 2.75) is 0 Å². The monoisotopic (exact) mass is 399 g/mol. The quantitative estimate of drug-likeness (QED) is 0.636. The molecule has 6 heteroatoms. The Labute approximate surface area is 134 Å². The molecule has 0 unspecified atom stereocenters. The summed E-state index contributed by atoms with van der Waals surface area (Å²) in [5.41, 5.74) is 1.31. The molecule has 1 N–H and O–H groups in total. The van der Waals surface area contributed by atoms with Gasteiger partial charge in [0.2, 0.25) is 0 Å². The molecule has 0 aliphatic heterocycles. The lowest BCUT2D eigenvalue weighted by molar-refractivity contribution is 0.0600. The molecular formula is C15H11FINO3. The molecule has 0 aliphatic rings. The topological polar surface area (TPSA) is 55.4 Å². The number of halogens is 2. The highest BCUT2D eigenvalue weighted by atomic mass is 127. The van der Waals surface area contributed by atoms with Gasteiger partial charge in [0.15, 0.2) is 0 Å². The third-order valence-corrected chi connectivity index (χ3v) is 3.63. The van der Waals surface area contributed by atoms with Crippen molar-refractivity contribution in [2.75, 3.05) is 12.4 Å². The summed E-state index contributed by atoms with van der Waals surface area (Å²) in [5, 5.41) is 2.68. The first-order valence-corrected chi connectivity index (χ1v) is 7.04. The van der Waals surface area contributed by atoms with Crippen LogP contribution in [0.15, 0.2) is 42.5 Å². The summed E-state index contributed by atoms with van der Waals surface area (Å²) in [4.78, 5) is 23.4. The Kier molecular flexibility index (Phi) is 4.89. The molecule has 0 aliphatic carbocycles. The zero-order chi connectivity index (χ0) is 15.4. The zero-order valence-corrected chi connectivity index (χ0v) is 13.2. The number of hydrogen-bond donors (Lipinski definition) is 1. The SMILES string of the molecule is COC(=O)c1ccc(NC(=O)c2ccc(F)cc2I)cc1. The smallest absolute Gasteiger partial charge is 0.337 e. The Morgan fingerprint density at radius 1 is 1.14 bits per heavy atom. The van der Waals surface area contributed by atoms with E-state index in [1.165, 1.54) is 25.3 Å². The Morgan fingerprint density at radius 2 is 1.81 bits per heavy atom. The van der Waals surface area contributed by atoms with Gasteiger partial charge in [0.05, 0.1) is 18.2 Å². The van der Waals surface area contributed by atoms with Gasteiger partial charge in [-0.15, -0.1) is 0 Å². The van der Waals surface area contributed by atoms with E-state index in [2.05, 4.69) is 10.1 Å². The van der Waals surface area contributed by atoms with Crippen LogP contribution < -0.4 is 5.32 Å². The van der Waals surface area contributed by atoms with E-state index < -0.39 is 11.8 Å². The first-order valence-electron chi connectivity index (χ1n) is 5.96. The molecule has 2 rings (SSSR count). The van der Waals surface area contributed by atoms with Crippen LogP contribution in [-0.2, 0) is 4.74 Å². The fraction of sp³-hybridized carbons (Fsp3) is 0.0667. The Bertz CT molecular complexity index is 686. The first-order chi connectivity index (χ1) is 10.0. The molecule has 2 aromatic rings. The fourth-order valence-corrected chi connectivity index (χ4v) is 2.40. The van der Waals surface area contributed by atoms with E-state index >= 15 is 0 Å². The highest BCUT2D eigenvalue weighted by Gasteiger charge is 2.11. The van der Waals surface area contributed by atoms with Crippen LogP contribution in [0.3, 0.4) is 0 Å². The molecule has 0 aromatic heterocycles. The average molecular weight is 399 g/mol. The number of rotatable bonds is 3. The minimum atomic E-state index is -0.444. The molecular weight excluding hydrogens is 388 g/mol. The van der Waals surface area contributed by atoms with Gasteiger partial charge >= 0.3 is 5.97 Å². The van der Waals surface area contributed by atoms with Gasteiger partial charge in [-0.1, -0.05) is 0 Å². The predicted molar refractivity (Wildman–Crippen MR) is 84.9 cm³/mol. The van der Waals surface area contributed by atoms with E-state index in [1.807, 2.05) is 22.6 Å². The van der Waals surface area contributed by atoms with Gasteiger partial charge in [-0.2, -0.15) is 0 Å². The van der Waals surface area contributed by atoms with Crippen molar-refractivity contribution in [3.8, 4) is 0 Å². The number of nitrogens with one attached hydrogen (secondary N) is 1. The van der Waals surface area contributed by atoms with Gasteiger partial charge in [-0.25, -0.2) is 9.18 Å². The maximum atomic E-state index is 13.0. The summed E-state index contributed by atoms with van der Waals surface area (Å²) in [6.07, 6.45) is 0. The van der Waals surface area contributed by atoms with Crippen LogP contribution in [0.4, 0.5) is 10.1 Å². The molecule has 21 heavy (non-hydrogen) atoms. The molecule has 0 radical (unpaired) electrons. The van der Waals surface area contributed by atoms with E-state index in [0.717, 1.165) is 0 Å². The number of carbonyl (C=O) groups excluding carboxylic acids is 2. The maximum Gasteiger partial charge on any atom is 0.337 e. The zero-order valence-electron chi connectivity index (χ0n) is 11.0. The minimum absolute atomic E-state index is 0.342. The van der Waals surface area contributed by atoms with Crippen LogP contribution in [0.2, 0.25) is 0 Å². The fourth-order valence-electron chi connectivity index (χ4n) is 1.68. The van der Waals surface area contributed by atoms with Gasteiger partial charge in [-0.05, 0) is 65.1 Å².